The van der Waals surface area contributed by atoms with Crippen LogP contribution in [0.15, 0.2) is 54.7 Å². The fourth-order valence-electron chi connectivity index (χ4n) is 9.07. The quantitative estimate of drug-likeness (QED) is 0.238. The molecule has 2 N–H and O–H groups in total. The first-order valence-electron chi connectivity index (χ1n) is 21.5. The van der Waals surface area contributed by atoms with Gasteiger partial charge in [-0.05, 0) is 81.7 Å². The number of piperidine rings is 1. The number of allylic oxidation sites excluding steroid dienone is 1. The van der Waals surface area contributed by atoms with Crippen LogP contribution in [0.4, 0.5) is 13.2 Å². The predicted octanol–water partition coefficient (Wildman–Crippen LogP) is 6.12. The SMILES string of the molecule is COc1ccc2c(O[C@@H]3C[C@H]4C(=O)N[C@@]5(C(=O)NS(=O)(=O)C6CC6)C[C@@H]5/C=C\CCCCC[C@H](CC(=O)N5CCC(C(F)(F)F)CC5)C(=O)N4C3)nc(-c3ccccn3)cc2c1Cl. The van der Waals surface area contributed by atoms with Gasteiger partial charge in [0.1, 0.15) is 23.4 Å². The molecule has 63 heavy (non-hydrogen) atoms. The first-order valence-corrected chi connectivity index (χ1v) is 23.5. The second-order valence-electron chi connectivity index (χ2n) is 17.3. The van der Waals surface area contributed by atoms with Crippen LogP contribution >= 0.6 is 11.6 Å². The van der Waals surface area contributed by atoms with E-state index < -0.39 is 80.5 Å². The molecule has 5 heterocycles. The van der Waals surface area contributed by atoms with Gasteiger partial charge in [0.2, 0.25) is 33.6 Å². The number of likely N-dealkylation sites (tertiary alicyclic amines) is 1. The van der Waals surface area contributed by atoms with E-state index in [0.717, 1.165) is 6.42 Å². The van der Waals surface area contributed by atoms with E-state index in [9.17, 15) is 40.8 Å². The zero-order valence-electron chi connectivity index (χ0n) is 34.7. The average Bonchev–Trinajstić information content (AvgIpc) is 4.19. The number of amides is 4. The van der Waals surface area contributed by atoms with Gasteiger partial charge in [-0.25, -0.2) is 13.4 Å². The van der Waals surface area contributed by atoms with E-state index >= 15 is 0 Å². The summed E-state index contributed by atoms with van der Waals surface area (Å²) in [5, 5.41) is 3.53. The number of methoxy groups -OCH3 is 1. The summed E-state index contributed by atoms with van der Waals surface area (Å²) in [6.07, 6.45) is 3.23. The molecule has 5 aliphatic rings. The first kappa shape index (κ1) is 44.6. The minimum Gasteiger partial charge on any atom is -0.495 e. The fourth-order valence-corrected chi connectivity index (χ4v) is 10.7. The molecule has 0 unspecified atom stereocenters. The van der Waals surface area contributed by atoms with Crippen LogP contribution in [0.25, 0.3) is 22.2 Å². The lowest BCUT2D eigenvalue weighted by molar-refractivity contribution is -0.186. The van der Waals surface area contributed by atoms with Crippen molar-refractivity contribution >= 4 is 56.0 Å². The Balaban J connectivity index is 1.12. The Morgan fingerprint density at radius 1 is 1.02 bits per heavy atom. The Kier molecular flexibility index (Phi) is 12.7. The van der Waals surface area contributed by atoms with Gasteiger partial charge in [-0.3, -0.25) is 28.9 Å². The highest BCUT2D eigenvalue weighted by Crippen LogP contribution is 2.46. The average molecular weight is 915 g/mol. The van der Waals surface area contributed by atoms with Crippen molar-refractivity contribution in [2.75, 3.05) is 26.7 Å². The van der Waals surface area contributed by atoms with E-state index in [-0.39, 0.29) is 64.0 Å². The van der Waals surface area contributed by atoms with Crippen LogP contribution < -0.4 is 19.5 Å². The van der Waals surface area contributed by atoms with Gasteiger partial charge in [0, 0.05) is 54.7 Å². The first-order chi connectivity index (χ1) is 30.1. The summed E-state index contributed by atoms with van der Waals surface area (Å²) in [5.74, 6) is -4.88. The van der Waals surface area contributed by atoms with Crippen LogP contribution in [0.3, 0.4) is 0 Å². The smallest absolute Gasteiger partial charge is 0.391 e. The maximum atomic E-state index is 14.9. The third-order valence-corrected chi connectivity index (χ3v) is 15.2. The molecule has 2 aromatic heterocycles. The highest BCUT2D eigenvalue weighted by molar-refractivity contribution is 7.91. The summed E-state index contributed by atoms with van der Waals surface area (Å²) in [5.41, 5.74) is -0.645. The van der Waals surface area contributed by atoms with Crippen molar-refractivity contribution in [3.05, 3.63) is 59.8 Å². The Hall–Kier alpha value is -4.97. The zero-order valence-corrected chi connectivity index (χ0v) is 36.3. The summed E-state index contributed by atoms with van der Waals surface area (Å²) >= 11 is 6.82. The highest BCUT2D eigenvalue weighted by atomic mass is 35.5. The molecule has 8 rings (SSSR count). The van der Waals surface area contributed by atoms with Gasteiger partial charge in [-0.1, -0.05) is 42.7 Å². The number of alkyl halides is 3. The van der Waals surface area contributed by atoms with Crippen molar-refractivity contribution < 1.29 is 50.2 Å². The van der Waals surface area contributed by atoms with Gasteiger partial charge >= 0.3 is 6.18 Å². The number of fused-ring (bicyclic) bond motifs is 3. The number of nitrogens with one attached hydrogen (secondary N) is 2. The lowest BCUT2D eigenvalue weighted by Gasteiger charge is -2.34. The monoisotopic (exact) mass is 914 g/mol. The maximum absolute atomic E-state index is 14.9. The van der Waals surface area contributed by atoms with Crippen LogP contribution in [0.5, 0.6) is 11.6 Å². The molecule has 2 aliphatic carbocycles. The fraction of sp³-hybridized carbons (Fsp3) is 0.545. The number of sulfonamides is 1. The number of pyridine rings is 2. The largest absolute Gasteiger partial charge is 0.495 e. The molecule has 4 fully saturated rings. The van der Waals surface area contributed by atoms with E-state index in [0.29, 0.717) is 65.0 Å². The molecule has 2 saturated carbocycles. The molecule has 5 atom stereocenters. The number of nitrogens with zero attached hydrogens (tertiary/aromatic N) is 4. The molecule has 0 spiro atoms. The van der Waals surface area contributed by atoms with Crippen molar-refractivity contribution in [1.29, 1.82) is 0 Å². The molecular formula is C44H50ClF3N6O8S. The van der Waals surface area contributed by atoms with Gasteiger partial charge < -0.3 is 24.6 Å². The minimum atomic E-state index is -4.36. The molecule has 19 heteroatoms. The van der Waals surface area contributed by atoms with Gasteiger partial charge in [0.15, 0.2) is 0 Å². The Morgan fingerprint density at radius 2 is 1.79 bits per heavy atom. The van der Waals surface area contributed by atoms with Gasteiger partial charge in [-0.15, -0.1) is 0 Å². The van der Waals surface area contributed by atoms with Crippen LogP contribution in [-0.2, 0) is 29.2 Å². The number of ether oxygens (including phenoxy) is 2. The van der Waals surface area contributed by atoms with Gasteiger partial charge in [-0.2, -0.15) is 13.2 Å². The number of rotatable bonds is 9. The molecule has 3 aromatic rings. The summed E-state index contributed by atoms with van der Waals surface area (Å²) < 4.78 is 80.6. The molecule has 14 nitrogen and oxygen atoms in total. The summed E-state index contributed by atoms with van der Waals surface area (Å²) in [6.45, 7) is -0.299. The van der Waals surface area contributed by atoms with Crippen molar-refractivity contribution in [3.63, 3.8) is 0 Å². The van der Waals surface area contributed by atoms with Crippen molar-refractivity contribution in [2.24, 2.45) is 17.8 Å². The van der Waals surface area contributed by atoms with Crippen molar-refractivity contribution in [2.45, 2.75) is 106 Å². The van der Waals surface area contributed by atoms with E-state index in [1.54, 1.807) is 42.6 Å². The highest BCUT2D eigenvalue weighted by Gasteiger charge is 2.62. The number of halogens is 4. The number of aromatic nitrogens is 2. The van der Waals surface area contributed by atoms with Crippen LogP contribution in [0, 0.1) is 17.8 Å². The second-order valence-corrected chi connectivity index (χ2v) is 19.6. The van der Waals surface area contributed by atoms with E-state index in [4.69, 9.17) is 26.1 Å². The molecule has 338 valence electrons. The molecule has 0 radical (unpaired) electrons. The molecule has 0 bridgehead atoms. The normalized spacial score (nSPS) is 26.7. The van der Waals surface area contributed by atoms with Crippen LogP contribution in [0.1, 0.15) is 77.0 Å². The Bertz CT molecular complexity index is 2400. The minimum absolute atomic E-state index is 0.0668. The summed E-state index contributed by atoms with van der Waals surface area (Å²) in [6, 6.07) is 9.25. The predicted molar refractivity (Wildman–Crippen MR) is 226 cm³/mol. The molecule has 1 aromatic carbocycles. The second kappa shape index (κ2) is 17.9. The molecular weight excluding hydrogens is 865 g/mol. The van der Waals surface area contributed by atoms with E-state index in [1.807, 2.05) is 12.2 Å². The Morgan fingerprint density at radius 3 is 2.49 bits per heavy atom. The van der Waals surface area contributed by atoms with E-state index in [1.165, 1.54) is 16.9 Å². The number of carbonyl (C=O) groups excluding carboxylic acids is 4. The van der Waals surface area contributed by atoms with Gasteiger partial charge in [0.05, 0.1) is 41.2 Å². The van der Waals surface area contributed by atoms with Crippen LogP contribution in [0.2, 0.25) is 5.02 Å². The van der Waals surface area contributed by atoms with Gasteiger partial charge in [0.25, 0.3) is 5.91 Å². The third kappa shape index (κ3) is 9.61. The number of hydrogen-bond donors (Lipinski definition) is 2. The van der Waals surface area contributed by atoms with E-state index in [2.05, 4.69) is 15.0 Å². The van der Waals surface area contributed by atoms with Crippen molar-refractivity contribution in [1.82, 2.24) is 29.8 Å². The lowest BCUT2D eigenvalue weighted by atomic mass is 9.92. The van der Waals surface area contributed by atoms with Crippen molar-refractivity contribution in [3.8, 4) is 23.0 Å². The lowest BCUT2D eigenvalue weighted by Crippen LogP contribution is -2.57. The third-order valence-electron chi connectivity index (χ3n) is 13.0. The summed E-state index contributed by atoms with van der Waals surface area (Å²) in [7, 11) is -2.48. The number of hydrogen-bond acceptors (Lipinski definition) is 10. The molecule has 2 saturated heterocycles. The maximum Gasteiger partial charge on any atom is 0.391 e. The zero-order chi connectivity index (χ0) is 44.7. The standard InChI is InChI=1S/C44H50ClF3N6O8S/c1-61-36-15-14-31-32(38(36)45)23-34(33-11-7-8-18-49-33)50-40(31)62-29-22-35-39(56)51-43(42(58)52-63(59,60)30-12-13-30)24-28(43)10-6-4-2-3-5-9-26(41(57)54(35)25-29)21-37(55)53-19-16-27(17-20-53)44(46,47)48/h6-8,10-11,14-15,18,23,26-30,35H,2-5,9,12-13,16-17,19-22,24-25H2,1H3,(H,51,56)(H,52,58)/b10-6-/t26-,28+,29-,35+,43+/m1/s1. The number of carbonyl (C=O) groups is 4. The number of benzene rings is 1. The Labute approximate surface area is 368 Å². The van der Waals surface area contributed by atoms with Crippen LogP contribution in [-0.4, -0.2) is 108 Å². The topological polar surface area (TPSA) is 177 Å². The molecule has 4 amide bonds. The summed E-state index contributed by atoms with van der Waals surface area (Å²) in [4.78, 5) is 69.2. The molecule has 3 aliphatic heterocycles.